The van der Waals surface area contributed by atoms with Crippen LogP contribution in [0.5, 0.6) is 0 Å². The lowest BCUT2D eigenvalue weighted by molar-refractivity contribution is -0.131. The lowest BCUT2D eigenvalue weighted by Gasteiger charge is -2.29. The normalized spacial score (nSPS) is 17.9. The molecule has 0 bridgehead atoms. The monoisotopic (exact) mass is 256 g/mol. The maximum atomic E-state index is 12.8. The second-order valence-electron chi connectivity index (χ2n) is 3.99. The van der Waals surface area contributed by atoms with Gasteiger partial charge in [0.05, 0.1) is 0 Å². The van der Waals surface area contributed by atoms with Gasteiger partial charge >= 0.3 is 0 Å². The molecule has 0 saturated carbocycles. The Balaban J connectivity index is 2.05. The first kappa shape index (κ1) is 12.3. The van der Waals surface area contributed by atoms with Crippen LogP contribution >= 0.6 is 11.6 Å². The van der Waals surface area contributed by atoms with E-state index in [1.807, 2.05) is 0 Å². The second kappa shape index (κ2) is 5.47. The van der Waals surface area contributed by atoms with E-state index < -0.39 is 5.38 Å². The third-order valence-electron chi connectivity index (χ3n) is 2.81. The number of carbonyl (C=O) groups is 1. The molecule has 1 unspecified atom stereocenters. The number of piperazine rings is 1. The molecule has 0 aliphatic carbocycles. The first-order valence-electron chi connectivity index (χ1n) is 5.57. The standard InChI is InChI=1S/C12H14ClFN2O/c13-11(9-1-3-10(14)4-2-9)12(17)16-7-5-15-6-8-16/h1-4,11,15H,5-8H2. The predicted molar refractivity (Wildman–Crippen MR) is 64.4 cm³/mol. The maximum Gasteiger partial charge on any atom is 0.245 e. The number of halogens is 2. The molecule has 5 heteroatoms. The third kappa shape index (κ3) is 2.96. The highest BCUT2D eigenvalue weighted by Gasteiger charge is 2.24. The smallest absolute Gasteiger partial charge is 0.245 e. The van der Waals surface area contributed by atoms with Crippen LogP contribution in [0.15, 0.2) is 24.3 Å². The number of amides is 1. The van der Waals surface area contributed by atoms with Crippen molar-refractivity contribution < 1.29 is 9.18 Å². The van der Waals surface area contributed by atoms with E-state index in [1.165, 1.54) is 12.1 Å². The van der Waals surface area contributed by atoms with Crippen molar-refractivity contribution >= 4 is 17.5 Å². The second-order valence-corrected chi connectivity index (χ2v) is 4.43. The van der Waals surface area contributed by atoms with Gasteiger partial charge in [0, 0.05) is 26.2 Å². The van der Waals surface area contributed by atoms with Crippen molar-refractivity contribution in [3.8, 4) is 0 Å². The lowest BCUT2D eigenvalue weighted by Crippen LogP contribution is -2.47. The largest absolute Gasteiger partial charge is 0.339 e. The zero-order valence-electron chi connectivity index (χ0n) is 9.33. The van der Waals surface area contributed by atoms with E-state index in [2.05, 4.69) is 5.32 Å². The van der Waals surface area contributed by atoms with Gasteiger partial charge in [0.2, 0.25) is 5.91 Å². The van der Waals surface area contributed by atoms with Gasteiger partial charge in [0.15, 0.2) is 0 Å². The summed E-state index contributed by atoms with van der Waals surface area (Å²) in [6, 6.07) is 5.73. The highest BCUT2D eigenvalue weighted by atomic mass is 35.5. The SMILES string of the molecule is O=C(C(Cl)c1ccc(F)cc1)N1CCNCC1. The summed E-state index contributed by atoms with van der Waals surface area (Å²) >= 11 is 6.11. The molecule has 17 heavy (non-hydrogen) atoms. The number of benzene rings is 1. The number of nitrogens with one attached hydrogen (secondary N) is 1. The highest BCUT2D eigenvalue weighted by Crippen LogP contribution is 2.23. The van der Waals surface area contributed by atoms with E-state index >= 15 is 0 Å². The zero-order valence-corrected chi connectivity index (χ0v) is 10.1. The van der Waals surface area contributed by atoms with Crippen LogP contribution in [-0.4, -0.2) is 37.0 Å². The van der Waals surface area contributed by atoms with Gasteiger partial charge in [0.25, 0.3) is 0 Å². The lowest BCUT2D eigenvalue weighted by atomic mass is 10.1. The van der Waals surface area contributed by atoms with Gasteiger partial charge in [0.1, 0.15) is 11.2 Å². The Bertz CT molecular complexity index is 390. The minimum atomic E-state index is -0.728. The fraction of sp³-hybridized carbons (Fsp3) is 0.417. The molecule has 1 fully saturated rings. The molecule has 0 spiro atoms. The average Bonchev–Trinajstić information content (AvgIpc) is 2.39. The molecular weight excluding hydrogens is 243 g/mol. The summed E-state index contributed by atoms with van der Waals surface area (Å²) in [6.45, 7) is 2.92. The van der Waals surface area contributed by atoms with E-state index in [-0.39, 0.29) is 11.7 Å². The van der Waals surface area contributed by atoms with E-state index in [0.29, 0.717) is 18.7 Å². The summed E-state index contributed by atoms with van der Waals surface area (Å²) in [5, 5.41) is 2.44. The van der Waals surface area contributed by atoms with Crippen molar-refractivity contribution in [2.24, 2.45) is 0 Å². The fourth-order valence-electron chi connectivity index (χ4n) is 1.82. The van der Waals surface area contributed by atoms with Gasteiger partial charge in [-0.3, -0.25) is 4.79 Å². The van der Waals surface area contributed by atoms with Gasteiger partial charge in [-0.05, 0) is 17.7 Å². The summed E-state index contributed by atoms with van der Waals surface area (Å²) < 4.78 is 12.8. The number of nitrogens with zero attached hydrogens (tertiary/aromatic N) is 1. The van der Waals surface area contributed by atoms with Crippen LogP contribution in [0, 0.1) is 5.82 Å². The summed E-state index contributed by atoms with van der Waals surface area (Å²) in [5.41, 5.74) is 0.636. The van der Waals surface area contributed by atoms with Crippen LogP contribution in [0.25, 0.3) is 0 Å². The Labute approximate surface area is 105 Å². The van der Waals surface area contributed by atoms with Crippen molar-refractivity contribution in [3.05, 3.63) is 35.6 Å². The van der Waals surface area contributed by atoms with E-state index in [4.69, 9.17) is 11.6 Å². The van der Waals surface area contributed by atoms with Crippen molar-refractivity contribution in [3.63, 3.8) is 0 Å². The molecule has 1 aromatic carbocycles. The predicted octanol–water partition coefficient (Wildman–Crippen LogP) is 1.54. The molecule has 1 heterocycles. The molecule has 0 aromatic heterocycles. The summed E-state index contributed by atoms with van der Waals surface area (Å²) in [7, 11) is 0. The molecule has 0 radical (unpaired) electrons. The van der Waals surface area contributed by atoms with Crippen LogP contribution in [0.3, 0.4) is 0 Å². The minimum Gasteiger partial charge on any atom is -0.339 e. The number of carbonyl (C=O) groups excluding carboxylic acids is 1. The summed E-state index contributed by atoms with van der Waals surface area (Å²) in [5.74, 6) is -0.438. The molecule has 1 aliphatic rings. The Kier molecular flexibility index (Phi) is 3.97. The molecule has 1 amide bonds. The molecule has 1 aromatic rings. The Hall–Kier alpha value is -1.13. The van der Waals surface area contributed by atoms with Gasteiger partial charge in [-0.25, -0.2) is 4.39 Å². The van der Waals surface area contributed by atoms with Gasteiger partial charge in [-0.2, -0.15) is 0 Å². The van der Waals surface area contributed by atoms with E-state index in [0.717, 1.165) is 13.1 Å². The van der Waals surface area contributed by atoms with E-state index in [1.54, 1.807) is 17.0 Å². The quantitative estimate of drug-likeness (QED) is 0.814. The van der Waals surface area contributed by atoms with Crippen LogP contribution in [0.1, 0.15) is 10.9 Å². The maximum absolute atomic E-state index is 12.8. The van der Waals surface area contributed by atoms with Gasteiger partial charge in [-0.15, -0.1) is 11.6 Å². The van der Waals surface area contributed by atoms with Crippen molar-refractivity contribution in [2.75, 3.05) is 26.2 Å². The molecule has 1 aliphatic heterocycles. The van der Waals surface area contributed by atoms with Crippen LogP contribution in [0.4, 0.5) is 4.39 Å². The number of hydrogen-bond acceptors (Lipinski definition) is 2. The number of rotatable bonds is 2. The zero-order chi connectivity index (χ0) is 12.3. The van der Waals surface area contributed by atoms with Crippen molar-refractivity contribution in [1.29, 1.82) is 0 Å². The van der Waals surface area contributed by atoms with Gasteiger partial charge in [-0.1, -0.05) is 12.1 Å². The fourth-order valence-corrected chi connectivity index (χ4v) is 2.10. The Morgan fingerprint density at radius 2 is 1.88 bits per heavy atom. The van der Waals surface area contributed by atoms with Crippen LogP contribution in [-0.2, 0) is 4.79 Å². The van der Waals surface area contributed by atoms with Crippen molar-refractivity contribution in [2.45, 2.75) is 5.38 Å². The third-order valence-corrected chi connectivity index (χ3v) is 3.25. The topological polar surface area (TPSA) is 32.3 Å². The number of alkyl halides is 1. The molecular formula is C12H14ClFN2O. The van der Waals surface area contributed by atoms with Crippen molar-refractivity contribution in [1.82, 2.24) is 10.2 Å². The van der Waals surface area contributed by atoms with E-state index in [9.17, 15) is 9.18 Å². The molecule has 1 N–H and O–H groups in total. The Morgan fingerprint density at radius 1 is 1.29 bits per heavy atom. The molecule has 92 valence electrons. The first-order valence-corrected chi connectivity index (χ1v) is 6.01. The molecule has 2 rings (SSSR count). The summed E-state index contributed by atoms with van der Waals surface area (Å²) in [4.78, 5) is 13.8. The molecule has 3 nitrogen and oxygen atoms in total. The minimum absolute atomic E-state index is 0.111. The first-order chi connectivity index (χ1) is 8.18. The van der Waals surface area contributed by atoms with Gasteiger partial charge < -0.3 is 10.2 Å². The molecule has 1 atom stereocenters. The highest BCUT2D eigenvalue weighted by molar-refractivity contribution is 6.30. The summed E-state index contributed by atoms with van der Waals surface area (Å²) in [6.07, 6.45) is 0. The van der Waals surface area contributed by atoms with Crippen LogP contribution < -0.4 is 5.32 Å². The molecule has 1 saturated heterocycles. The van der Waals surface area contributed by atoms with Crippen LogP contribution in [0.2, 0.25) is 0 Å². The Morgan fingerprint density at radius 3 is 2.47 bits per heavy atom. The number of hydrogen-bond donors (Lipinski definition) is 1. The average molecular weight is 257 g/mol.